The van der Waals surface area contributed by atoms with E-state index >= 15 is 0 Å². The fraction of sp³-hybridized carbons (Fsp3) is 0. The summed E-state index contributed by atoms with van der Waals surface area (Å²) in [5.41, 5.74) is 1.46. The van der Waals surface area contributed by atoms with Gasteiger partial charge in [-0.3, -0.25) is 4.98 Å². The van der Waals surface area contributed by atoms with Crippen LogP contribution in [0.4, 0.5) is 0 Å². The summed E-state index contributed by atoms with van der Waals surface area (Å²) in [6.45, 7) is 0. The highest BCUT2D eigenvalue weighted by Gasteiger charge is 1.91. The lowest BCUT2D eigenvalue weighted by Gasteiger charge is -1.88. The highest BCUT2D eigenvalue weighted by atomic mass is 15.1. The second kappa shape index (κ2) is 1.98. The number of hydrogen-bond donors (Lipinski definition) is 0. The van der Waals surface area contributed by atoms with Crippen LogP contribution >= 0.6 is 0 Å². The topological polar surface area (TPSA) is 51.6 Å². The molecule has 0 aliphatic carbocycles. The number of aromatic nitrogens is 4. The van der Waals surface area contributed by atoms with Gasteiger partial charge in [0.15, 0.2) is 0 Å². The minimum absolute atomic E-state index is 0.720. The smallest absolute Gasteiger partial charge is 0.222 e. The van der Waals surface area contributed by atoms with E-state index in [0.717, 1.165) is 11.0 Å². The minimum atomic E-state index is 0.720. The van der Waals surface area contributed by atoms with Gasteiger partial charge in [0, 0.05) is 6.20 Å². The van der Waals surface area contributed by atoms with Crippen LogP contribution in [-0.2, 0) is 0 Å². The highest BCUT2D eigenvalue weighted by Crippen LogP contribution is 2.00. The Morgan fingerprint density at radius 3 is 3.20 bits per heavy atom. The first kappa shape index (κ1) is 5.22. The lowest BCUT2D eigenvalue weighted by Crippen LogP contribution is -1.86. The van der Waals surface area contributed by atoms with Crippen molar-refractivity contribution >= 4 is 11.0 Å². The average Bonchev–Trinajstić information content (AvgIpc) is 2.05. The number of rotatable bonds is 0. The molecule has 2 aromatic heterocycles. The largest absolute Gasteiger partial charge is 0.262 e. The summed E-state index contributed by atoms with van der Waals surface area (Å²) >= 11 is 0. The molecule has 0 amide bonds. The maximum absolute atomic E-state index is 3.86. The van der Waals surface area contributed by atoms with E-state index in [1.807, 2.05) is 0 Å². The van der Waals surface area contributed by atoms with Gasteiger partial charge >= 0.3 is 0 Å². The number of fused-ring (bicyclic) bond motifs is 1. The Kier molecular flexibility index (Phi) is 1.04. The van der Waals surface area contributed by atoms with Gasteiger partial charge in [-0.15, -0.1) is 10.2 Å². The normalized spacial score (nSPS) is 10.0. The van der Waals surface area contributed by atoms with Crippen LogP contribution in [0.1, 0.15) is 0 Å². The van der Waals surface area contributed by atoms with E-state index in [1.54, 1.807) is 18.5 Å². The maximum Gasteiger partial charge on any atom is 0.222 e. The van der Waals surface area contributed by atoms with E-state index in [0.29, 0.717) is 0 Å². The van der Waals surface area contributed by atoms with Crippen LogP contribution in [0.5, 0.6) is 0 Å². The van der Waals surface area contributed by atoms with Gasteiger partial charge in [-0.05, 0) is 6.07 Å². The van der Waals surface area contributed by atoms with Crippen LogP contribution in [0.2, 0.25) is 0 Å². The van der Waals surface area contributed by atoms with Crippen molar-refractivity contribution in [2.45, 2.75) is 0 Å². The Bertz CT molecular complexity index is 281. The van der Waals surface area contributed by atoms with Crippen LogP contribution < -0.4 is 0 Å². The maximum atomic E-state index is 3.86. The Labute approximate surface area is 57.0 Å². The molecule has 0 saturated heterocycles. The summed E-state index contributed by atoms with van der Waals surface area (Å²) in [5.74, 6) is 0. The molecule has 0 aliphatic rings. The van der Waals surface area contributed by atoms with E-state index in [1.165, 1.54) is 0 Å². The lowest BCUT2D eigenvalue weighted by molar-refractivity contribution is 1.01. The fourth-order valence-corrected chi connectivity index (χ4v) is 0.702. The van der Waals surface area contributed by atoms with Crippen molar-refractivity contribution < 1.29 is 0 Å². The van der Waals surface area contributed by atoms with Crippen molar-refractivity contribution in [3.05, 3.63) is 24.8 Å². The van der Waals surface area contributed by atoms with Crippen molar-refractivity contribution in [3.8, 4) is 0 Å². The molecular weight excluding hydrogens is 128 g/mol. The summed E-state index contributed by atoms with van der Waals surface area (Å²) < 4.78 is 0. The zero-order valence-electron chi connectivity index (χ0n) is 5.02. The van der Waals surface area contributed by atoms with Crippen molar-refractivity contribution in [2.75, 3.05) is 0 Å². The molecule has 0 saturated carbocycles. The number of hydrogen-bond acceptors (Lipinski definition) is 4. The van der Waals surface area contributed by atoms with Crippen molar-refractivity contribution in [1.29, 1.82) is 0 Å². The Morgan fingerprint density at radius 2 is 2.30 bits per heavy atom. The van der Waals surface area contributed by atoms with Gasteiger partial charge in [0.25, 0.3) is 0 Å². The van der Waals surface area contributed by atoms with Gasteiger partial charge in [-0.1, -0.05) is 0 Å². The second-order valence-corrected chi connectivity index (χ2v) is 1.78. The summed E-state index contributed by atoms with van der Waals surface area (Å²) in [4.78, 5) is 7.68. The predicted octanol–water partition coefficient (Wildman–Crippen LogP) is 0.220. The molecule has 10 heavy (non-hydrogen) atoms. The first-order valence-electron chi connectivity index (χ1n) is 2.77. The van der Waals surface area contributed by atoms with Crippen molar-refractivity contribution in [3.63, 3.8) is 0 Å². The van der Waals surface area contributed by atoms with E-state index in [-0.39, 0.29) is 0 Å². The molecule has 0 unspecified atom stereocenters. The quantitative estimate of drug-likeness (QED) is 0.513. The summed E-state index contributed by atoms with van der Waals surface area (Å²) in [6, 6.07) is 1.75. The van der Waals surface area contributed by atoms with Crippen molar-refractivity contribution in [2.24, 2.45) is 0 Å². The molecule has 0 aliphatic heterocycles. The molecule has 2 aromatic rings. The van der Waals surface area contributed by atoms with Crippen LogP contribution in [0.25, 0.3) is 11.0 Å². The number of pyridine rings is 1. The Morgan fingerprint density at radius 1 is 1.30 bits per heavy atom. The molecule has 0 N–H and O–H groups in total. The van der Waals surface area contributed by atoms with Crippen molar-refractivity contribution in [1.82, 2.24) is 20.2 Å². The zero-order chi connectivity index (χ0) is 6.81. The van der Waals surface area contributed by atoms with Crippen LogP contribution in [-0.4, -0.2) is 20.2 Å². The van der Waals surface area contributed by atoms with Gasteiger partial charge < -0.3 is 0 Å². The van der Waals surface area contributed by atoms with Gasteiger partial charge in [-0.25, -0.2) is 4.98 Å². The van der Waals surface area contributed by atoms with E-state index in [9.17, 15) is 0 Å². The summed E-state index contributed by atoms with van der Waals surface area (Å²) in [5, 5.41) is 7.27. The summed E-state index contributed by atoms with van der Waals surface area (Å²) in [7, 11) is 0. The minimum Gasteiger partial charge on any atom is -0.262 e. The van der Waals surface area contributed by atoms with Gasteiger partial charge in [0.2, 0.25) is 6.33 Å². The number of nitrogens with zero attached hydrogens (tertiary/aromatic N) is 4. The molecule has 47 valence electrons. The van der Waals surface area contributed by atoms with E-state index < -0.39 is 0 Å². The monoisotopic (exact) mass is 131 g/mol. The van der Waals surface area contributed by atoms with E-state index in [4.69, 9.17) is 0 Å². The second-order valence-electron chi connectivity index (χ2n) is 1.78. The molecule has 4 nitrogen and oxygen atoms in total. The molecule has 0 spiro atoms. The molecule has 2 rings (SSSR count). The Balaban J connectivity index is 2.89. The van der Waals surface area contributed by atoms with Crippen LogP contribution in [0, 0.1) is 6.33 Å². The molecular formula is C6H3N4. The third kappa shape index (κ3) is 0.699. The lowest BCUT2D eigenvalue weighted by atomic mass is 10.4. The third-order valence-corrected chi connectivity index (χ3v) is 1.15. The molecule has 0 atom stereocenters. The van der Waals surface area contributed by atoms with E-state index in [2.05, 4.69) is 26.5 Å². The first-order chi connectivity index (χ1) is 4.97. The van der Waals surface area contributed by atoms with Gasteiger partial charge in [0.05, 0.1) is 6.20 Å². The zero-order valence-corrected chi connectivity index (χ0v) is 5.02. The average molecular weight is 131 g/mol. The first-order valence-corrected chi connectivity index (χ1v) is 2.77. The standard InChI is InChI=1S/C6H3N4/c1-2-7-3-6-5(1)10-9-4-8-6/h1-3H. The highest BCUT2D eigenvalue weighted by molar-refractivity contribution is 5.70. The molecule has 2 heterocycles. The predicted molar refractivity (Wildman–Crippen MR) is 34.0 cm³/mol. The van der Waals surface area contributed by atoms with Gasteiger partial charge in [-0.2, -0.15) is 0 Å². The molecule has 1 radical (unpaired) electrons. The molecule has 0 aromatic carbocycles. The fourth-order valence-electron chi connectivity index (χ4n) is 0.702. The molecule has 0 fully saturated rings. The Hall–Kier alpha value is -1.58. The molecule has 4 heteroatoms. The van der Waals surface area contributed by atoms with Gasteiger partial charge in [0.1, 0.15) is 11.0 Å². The molecule has 0 bridgehead atoms. The SMILES string of the molecule is [c]1nnc2ccncc2n1. The summed E-state index contributed by atoms with van der Waals surface area (Å²) in [6.07, 6.45) is 5.66. The van der Waals surface area contributed by atoms with Crippen LogP contribution in [0.3, 0.4) is 0 Å². The third-order valence-electron chi connectivity index (χ3n) is 1.15. The van der Waals surface area contributed by atoms with Crippen LogP contribution in [0.15, 0.2) is 18.5 Å².